The van der Waals surface area contributed by atoms with Crippen LogP contribution in [-0.4, -0.2) is 9.97 Å². The third-order valence-corrected chi connectivity index (χ3v) is 2.71. The molecule has 0 spiro atoms. The summed E-state index contributed by atoms with van der Waals surface area (Å²) in [5.41, 5.74) is 2.49. The van der Waals surface area contributed by atoms with Gasteiger partial charge < -0.3 is 0 Å². The minimum atomic E-state index is 0.741. The van der Waals surface area contributed by atoms with Crippen molar-refractivity contribution in [3.05, 3.63) is 29.4 Å². The molecule has 1 aromatic rings. The molecule has 74 valence electrons. The molecule has 2 nitrogen and oxygen atoms in total. The molecular weight excluding hydrogens is 172 g/mol. The Balaban J connectivity index is 0.000000354. The summed E-state index contributed by atoms with van der Waals surface area (Å²) in [7, 11) is 0. The Kier molecular flexibility index (Phi) is 2.36. The molecule has 2 aliphatic carbocycles. The van der Waals surface area contributed by atoms with Crippen molar-refractivity contribution in [3.8, 4) is 0 Å². The van der Waals surface area contributed by atoms with Crippen LogP contribution in [0.3, 0.4) is 0 Å². The second-order valence-corrected chi connectivity index (χ2v) is 3.62. The van der Waals surface area contributed by atoms with Crippen LogP contribution in [0.1, 0.15) is 43.3 Å². The molecule has 3 rings (SSSR count). The first-order chi connectivity index (χ1) is 6.84. The summed E-state index contributed by atoms with van der Waals surface area (Å²) in [4.78, 5) is 8.62. The number of hydrogen-bond acceptors (Lipinski definition) is 2. The van der Waals surface area contributed by atoms with Crippen LogP contribution in [-0.2, 0) is 0 Å². The lowest BCUT2D eigenvalue weighted by Gasteiger charge is -2.07. The lowest BCUT2D eigenvalue weighted by molar-refractivity contribution is 0.923. The molecule has 0 radical (unpaired) electrons. The number of aromatic nitrogens is 2. The SMILES string of the molecule is CC.Cc1ncc2c(n1)C=CC1CC21. The van der Waals surface area contributed by atoms with Crippen molar-refractivity contribution in [1.82, 2.24) is 9.97 Å². The maximum atomic E-state index is 4.39. The highest BCUT2D eigenvalue weighted by Crippen LogP contribution is 2.51. The number of fused-ring (bicyclic) bond motifs is 3. The normalized spacial score (nSPS) is 25.6. The fraction of sp³-hybridized carbons (Fsp3) is 0.500. The fourth-order valence-corrected chi connectivity index (χ4v) is 1.92. The lowest BCUT2D eigenvalue weighted by Crippen LogP contribution is -1.99. The Labute approximate surface area is 85.1 Å². The van der Waals surface area contributed by atoms with Gasteiger partial charge in [0.15, 0.2) is 0 Å². The monoisotopic (exact) mass is 188 g/mol. The van der Waals surface area contributed by atoms with Crippen LogP contribution in [0.15, 0.2) is 12.3 Å². The molecule has 1 heterocycles. The largest absolute Gasteiger partial charge is 0.241 e. The summed E-state index contributed by atoms with van der Waals surface area (Å²) < 4.78 is 0. The van der Waals surface area contributed by atoms with Crippen LogP contribution in [0.5, 0.6) is 0 Å². The number of aryl methyl sites for hydroxylation is 1. The predicted octanol–water partition coefficient (Wildman–Crippen LogP) is 2.94. The Bertz CT molecular complexity index is 369. The molecule has 2 heteroatoms. The van der Waals surface area contributed by atoms with E-state index in [-0.39, 0.29) is 0 Å². The fourth-order valence-electron chi connectivity index (χ4n) is 1.92. The average molecular weight is 188 g/mol. The van der Waals surface area contributed by atoms with Gasteiger partial charge in [-0.3, -0.25) is 0 Å². The number of allylic oxidation sites excluding steroid dienone is 1. The van der Waals surface area contributed by atoms with Gasteiger partial charge in [-0.2, -0.15) is 0 Å². The summed E-state index contributed by atoms with van der Waals surface area (Å²) in [5.74, 6) is 2.41. The molecule has 0 saturated heterocycles. The van der Waals surface area contributed by atoms with Gasteiger partial charge in [-0.1, -0.05) is 19.9 Å². The smallest absolute Gasteiger partial charge is 0.125 e. The van der Waals surface area contributed by atoms with Gasteiger partial charge in [0.2, 0.25) is 0 Å². The van der Waals surface area contributed by atoms with Crippen molar-refractivity contribution < 1.29 is 0 Å². The van der Waals surface area contributed by atoms with E-state index in [0.717, 1.165) is 23.4 Å². The second kappa shape index (κ2) is 3.52. The summed E-state index contributed by atoms with van der Waals surface area (Å²) >= 11 is 0. The quantitative estimate of drug-likeness (QED) is 0.625. The van der Waals surface area contributed by atoms with Crippen LogP contribution in [0.4, 0.5) is 0 Å². The number of nitrogens with zero attached hydrogens (tertiary/aromatic N) is 2. The van der Waals surface area contributed by atoms with E-state index in [1.807, 2.05) is 27.0 Å². The average Bonchev–Trinajstić information content (AvgIpc) is 2.99. The summed E-state index contributed by atoms with van der Waals surface area (Å²) in [6, 6.07) is 0. The number of hydrogen-bond donors (Lipinski definition) is 0. The Hall–Kier alpha value is -1.18. The van der Waals surface area contributed by atoms with Crippen molar-refractivity contribution in [2.45, 2.75) is 33.1 Å². The highest BCUT2D eigenvalue weighted by Gasteiger charge is 2.40. The van der Waals surface area contributed by atoms with E-state index in [4.69, 9.17) is 0 Å². The summed E-state index contributed by atoms with van der Waals surface area (Å²) in [6.45, 7) is 5.94. The van der Waals surface area contributed by atoms with Gasteiger partial charge in [0.05, 0.1) is 5.69 Å². The van der Waals surface area contributed by atoms with Gasteiger partial charge in [-0.15, -0.1) is 0 Å². The van der Waals surface area contributed by atoms with Crippen LogP contribution < -0.4 is 0 Å². The van der Waals surface area contributed by atoms with E-state index < -0.39 is 0 Å². The topological polar surface area (TPSA) is 25.8 Å². The van der Waals surface area contributed by atoms with E-state index in [1.165, 1.54) is 12.0 Å². The van der Waals surface area contributed by atoms with E-state index in [0.29, 0.717) is 0 Å². The molecule has 2 unspecified atom stereocenters. The molecule has 0 bridgehead atoms. The molecular formula is C12H16N2. The van der Waals surface area contributed by atoms with Crippen LogP contribution >= 0.6 is 0 Å². The maximum absolute atomic E-state index is 4.39. The van der Waals surface area contributed by atoms with Gasteiger partial charge in [-0.25, -0.2) is 9.97 Å². The van der Waals surface area contributed by atoms with E-state index >= 15 is 0 Å². The van der Waals surface area contributed by atoms with Crippen molar-refractivity contribution in [2.24, 2.45) is 5.92 Å². The zero-order valence-corrected chi connectivity index (χ0v) is 8.99. The van der Waals surface area contributed by atoms with Crippen LogP contribution in [0.2, 0.25) is 0 Å². The van der Waals surface area contributed by atoms with Crippen LogP contribution in [0, 0.1) is 12.8 Å². The van der Waals surface area contributed by atoms with Gasteiger partial charge >= 0.3 is 0 Å². The van der Waals surface area contributed by atoms with E-state index in [1.54, 1.807) is 0 Å². The molecule has 0 aliphatic heterocycles. The Morgan fingerprint density at radius 2 is 2.14 bits per heavy atom. The van der Waals surface area contributed by atoms with Gasteiger partial charge in [0.1, 0.15) is 5.82 Å². The first kappa shape index (κ1) is 9.38. The molecule has 0 aromatic carbocycles. The molecule has 2 aliphatic rings. The van der Waals surface area contributed by atoms with Crippen LogP contribution in [0.25, 0.3) is 6.08 Å². The van der Waals surface area contributed by atoms with Crippen molar-refractivity contribution in [1.29, 1.82) is 0 Å². The van der Waals surface area contributed by atoms with Crippen molar-refractivity contribution in [2.75, 3.05) is 0 Å². The Morgan fingerprint density at radius 1 is 1.36 bits per heavy atom. The van der Waals surface area contributed by atoms with E-state index in [2.05, 4.69) is 22.1 Å². The van der Waals surface area contributed by atoms with Crippen molar-refractivity contribution in [3.63, 3.8) is 0 Å². The Morgan fingerprint density at radius 3 is 2.93 bits per heavy atom. The van der Waals surface area contributed by atoms with Gasteiger partial charge in [0, 0.05) is 6.20 Å². The van der Waals surface area contributed by atoms with Gasteiger partial charge in [-0.05, 0) is 36.8 Å². The first-order valence-electron chi connectivity index (χ1n) is 5.36. The zero-order chi connectivity index (χ0) is 10.1. The maximum Gasteiger partial charge on any atom is 0.125 e. The zero-order valence-electron chi connectivity index (χ0n) is 8.99. The predicted molar refractivity (Wildman–Crippen MR) is 58.0 cm³/mol. The molecule has 0 amide bonds. The lowest BCUT2D eigenvalue weighted by atomic mass is 10.0. The summed E-state index contributed by atoms with van der Waals surface area (Å²) in [5, 5.41) is 0. The molecule has 2 atom stereocenters. The first-order valence-corrected chi connectivity index (χ1v) is 5.36. The second-order valence-electron chi connectivity index (χ2n) is 3.62. The standard InChI is InChI=1S/C10H10N2.C2H6/c1-6-11-5-9-8-4-7(8)2-3-10(9)12-6;1-2/h2-3,5,7-8H,4H2,1H3;1-2H3. The number of rotatable bonds is 0. The molecule has 1 fully saturated rings. The van der Waals surface area contributed by atoms with E-state index in [9.17, 15) is 0 Å². The third kappa shape index (κ3) is 1.45. The van der Waals surface area contributed by atoms with Gasteiger partial charge in [0.25, 0.3) is 0 Å². The highest BCUT2D eigenvalue weighted by molar-refractivity contribution is 5.56. The molecule has 1 aromatic heterocycles. The third-order valence-electron chi connectivity index (χ3n) is 2.71. The minimum Gasteiger partial charge on any atom is -0.241 e. The molecule has 0 N–H and O–H groups in total. The highest BCUT2D eigenvalue weighted by atomic mass is 14.9. The summed E-state index contributed by atoms with van der Waals surface area (Å²) in [6.07, 6.45) is 7.71. The minimum absolute atomic E-state index is 0.741. The van der Waals surface area contributed by atoms with Crippen molar-refractivity contribution >= 4 is 6.08 Å². The molecule has 1 saturated carbocycles. The molecule has 14 heavy (non-hydrogen) atoms.